The van der Waals surface area contributed by atoms with Gasteiger partial charge in [-0.05, 0) is 18.4 Å². The zero-order chi connectivity index (χ0) is 9.59. The van der Waals surface area contributed by atoms with Crippen molar-refractivity contribution in [3.63, 3.8) is 0 Å². The first-order valence-electron chi connectivity index (χ1n) is 4.13. The largest absolute Gasteiger partial charge is 0.396 e. The van der Waals surface area contributed by atoms with Gasteiger partial charge < -0.3 is 11.5 Å². The Labute approximate surface area is 74.5 Å². The molecule has 4 N–H and O–H groups in total. The molecule has 0 saturated heterocycles. The van der Waals surface area contributed by atoms with Gasteiger partial charge in [-0.2, -0.15) is 0 Å². The molecule has 0 amide bonds. The number of anilines is 1. The van der Waals surface area contributed by atoms with Crippen LogP contribution >= 0.6 is 0 Å². The van der Waals surface area contributed by atoms with Gasteiger partial charge in [-0.1, -0.05) is 0 Å². The van der Waals surface area contributed by atoms with E-state index in [9.17, 15) is 8.78 Å². The summed E-state index contributed by atoms with van der Waals surface area (Å²) in [6.45, 7) is 0. The zero-order valence-electron chi connectivity index (χ0n) is 6.98. The molecule has 2 rings (SSSR count). The standard InChI is InChI=1S/C9H10F2N2/c10-5-3-6(11)9(13)4-1-2-7(12)8(4)5/h3,7H,1-2,12-13H2/t7-/m0/s1. The number of hydrogen-bond donors (Lipinski definition) is 2. The van der Waals surface area contributed by atoms with E-state index in [-0.39, 0.29) is 11.7 Å². The first-order valence-corrected chi connectivity index (χ1v) is 4.13. The Morgan fingerprint density at radius 2 is 2.00 bits per heavy atom. The fraction of sp³-hybridized carbons (Fsp3) is 0.333. The minimum atomic E-state index is -0.689. The Morgan fingerprint density at radius 1 is 1.31 bits per heavy atom. The predicted octanol–water partition coefficient (Wildman–Crippen LogP) is 1.49. The molecule has 0 aromatic heterocycles. The lowest BCUT2D eigenvalue weighted by Crippen LogP contribution is -2.09. The summed E-state index contributed by atoms with van der Waals surface area (Å²) in [7, 11) is 0. The van der Waals surface area contributed by atoms with Crippen molar-refractivity contribution in [3.8, 4) is 0 Å². The van der Waals surface area contributed by atoms with Gasteiger partial charge in [0.25, 0.3) is 0 Å². The number of nitrogens with two attached hydrogens (primary N) is 2. The van der Waals surface area contributed by atoms with Gasteiger partial charge in [0.1, 0.15) is 11.6 Å². The van der Waals surface area contributed by atoms with Gasteiger partial charge in [0.05, 0.1) is 5.69 Å². The molecule has 4 heteroatoms. The Hall–Kier alpha value is -1.16. The van der Waals surface area contributed by atoms with E-state index in [1.54, 1.807) is 0 Å². The zero-order valence-corrected chi connectivity index (χ0v) is 6.98. The number of hydrogen-bond acceptors (Lipinski definition) is 2. The summed E-state index contributed by atoms with van der Waals surface area (Å²) in [5.74, 6) is -1.27. The molecule has 0 fully saturated rings. The monoisotopic (exact) mass is 184 g/mol. The third kappa shape index (κ3) is 1.09. The highest BCUT2D eigenvalue weighted by Crippen LogP contribution is 2.36. The Kier molecular flexibility index (Phi) is 1.73. The SMILES string of the molecule is Nc1c(F)cc(F)c2c1CC[C@@H]2N. The molecule has 0 bridgehead atoms. The fourth-order valence-electron chi connectivity index (χ4n) is 1.81. The highest BCUT2D eigenvalue weighted by molar-refractivity contribution is 5.55. The summed E-state index contributed by atoms with van der Waals surface area (Å²) in [6.07, 6.45) is 1.21. The third-order valence-corrected chi connectivity index (χ3v) is 2.49. The van der Waals surface area contributed by atoms with Gasteiger partial charge >= 0.3 is 0 Å². The van der Waals surface area contributed by atoms with Crippen LogP contribution in [0, 0.1) is 11.6 Å². The highest BCUT2D eigenvalue weighted by Gasteiger charge is 2.26. The average molecular weight is 184 g/mol. The minimum absolute atomic E-state index is 0.0457. The number of rotatable bonds is 0. The molecule has 1 atom stereocenters. The quantitative estimate of drug-likeness (QED) is 0.600. The van der Waals surface area contributed by atoms with E-state index in [1.807, 2.05) is 0 Å². The second-order valence-corrected chi connectivity index (χ2v) is 3.29. The van der Waals surface area contributed by atoms with Crippen LogP contribution in [-0.4, -0.2) is 0 Å². The Morgan fingerprint density at radius 3 is 2.69 bits per heavy atom. The molecule has 1 aliphatic carbocycles. The molecular weight excluding hydrogens is 174 g/mol. The smallest absolute Gasteiger partial charge is 0.149 e. The van der Waals surface area contributed by atoms with Crippen molar-refractivity contribution in [3.05, 3.63) is 28.8 Å². The van der Waals surface area contributed by atoms with Crippen molar-refractivity contribution in [2.75, 3.05) is 5.73 Å². The molecule has 1 aromatic carbocycles. The summed E-state index contributed by atoms with van der Waals surface area (Å²) in [5.41, 5.74) is 12.1. The van der Waals surface area contributed by atoms with Gasteiger partial charge in [-0.3, -0.25) is 0 Å². The number of nitrogen functional groups attached to an aromatic ring is 1. The minimum Gasteiger partial charge on any atom is -0.396 e. The molecule has 2 nitrogen and oxygen atoms in total. The van der Waals surface area contributed by atoms with Crippen LogP contribution in [0.1, 0.15) is 23.6 Å². The lowest BCUT2D eigenvalue weighted by atomic mass is 10.1. The van der Waals surface area contributed by atoms with Crippen molar-refractivity contribution in [2.45, 2.75) is 18.9 Å². The second-order valence-electron chi connectivity index (χ2n) is 3.29. The van der Waals surface area contributed by atoms with E-state index in [0.717, 1.165) is 6.07 Å². The molecule has 0 saturated carbocycles. The van der Waals surface area contributed by atoms with Crippen molar-refractivity contribution < 1.29 is 8.78 Å². The van der Waals surface area contributed by atoms with E-state index in [4.69, 9.17) is 11.5 Å². The molecule has 0 unspecified atom stereocenters. The van der Waals surface area contributed by atoms with Gasteiger partial charge in [-0.25, -0.2) is 8.78 Å². The summed E-state index contributed by atoms with van der Waals surface area (Å²) >= 11 is 0. The summed E-state index contributed by atoms with van der Waals surface area (Å²) < 4.78 is 26.2. The first-order chi connectivity index (χ1) is 6.11. The maximum atomic E-state index is 13.2. The van der Waals surface area contributed by atoms with E-state index in [1.165, 1.54) is 0 Å². The first kappa shape index (κ1) is 8.44. The van der Waals surface area contributed by atoms with Gasteiger partial charge in [0, 0.05) is 17.7 Å². The number of fused-ring (bicyclic) bond motifs is 1. The normalized spacial score (nSPS) is 20.4. The van der Waals surface area contributed by atoms with Crippen molar-refractivity contribution in [2.24, 2.45) is 5.73 Å². The summed E-state index contributed by atoms with van der Waals surface area (Å²) in [6, 6.07) is 0.470. The van der Waals surface area contributed by atoms with E-state index in [2.05, 4.69) is 0 Å². The van der Waals surface area contributed by atoms with E-state index < -0.39 is 11.6 Å². The van der Waals surface area contributed by atoms with E-state index in [0.29, 0.717) is 24.0 Å². The predicted molar refractivity (Wildman–Crippen MR) is 46.0 cm³/mol. The Balaban J connectivity index is 2.69. The summed E-state index contributed by atoms with van der Waals surface area (Å²) in [5, 5.41) is 0. The van der Waals surface area contributed by atoms with Crippen LogP contribution in [0.3, 0.4) is 0 Å². The number of benzene rings is 1. The van der Waals surface area contributed by atoms with Crippen LogP contribution < -0.4 is 11.5 Å². The number of halogens is 2. The van der Waals surface area contributed by atoms with Crippen molar-refractivity contribution in [1.29, 1.82) is 0 Å². The topological polar surface area (TPSA) is 52.0 Å². The van der Waals surface area contributed by atoms with Crippen molar-refractivity contribution >= 4 is 5.69 Å². The second kappa shape index (κ2) is 2.67. The van der Waals surface area contributed by atoms with Crippen LogP contribution in [-0.2, 0) is 6.42 Å². The van der Waals surface area contributed by atoms with Gasteiger partial charge in [0.15, 0.2) is 0 Å². The molecule has 0 radical (unpaired) electrons. The van der Waals surface area contributed by atoms with E-state index >= 15 is 0 Å². The van der Waals surface area contributed by atoms with Crippen LogP contribution in [0.4, 0.5) is 14.5 Å². The molecule has 1 aromatic rings. The third-order valence-electron chi connectivity index (χ3n) is 2.49. The van der Waals surface area contributed by atoms with Crippen LogP contribution in [0.5, 0.6) is 0 Å². The maximum absolute atomic E-state index is 13.2. The molecule has 0 spiro atoms. The van der Waals surface area contributed by atoms with Gasteiger partial charge in [0.2, 0.25) is 0 Å². The lowest BCUT2D eigenvalue weighted by molar-refractivity contribution is 0.564. The van der Waals surface area contributed by atoms with Crippen LogP contribution in [0.25, 0.3) is 0 Å². The molecule has 70 valence electrons. The summed E-state index contributed by atoms with van der Waals surface area (Å²) in [4.78, 5) is 0. The average Bonchev–Trinajstić information content (AvgIpc) is 2.44. The molecule has 13 heavy (non-hydrogen) atoms. The van der Waals surface area contributed by atoms with Crippen LogP contribution in [0.2, 0.25) is 0 Å². The van der Waals surface area contributed by atoms with Gasteiger partial charge in [-0.15, -0.1) is 0 Å². The molecule has 0 aliphatic heterocycles. The van der Waals surface area contributed by atoms with Crippen LogP contribution in [0.15, 0.2) is 6.07 Å². The molecule has 0 heterocycles. The fourth-order valence-corrected chi connectivity index (χ4v) is 1.81. The molecular formula is C9H10F2N2. The van der Waals surface area contributed by atoms with Crippen molar-refractivity contribution in [1.82, 2.24) is 0 Å². The molecule has 1 aliphatic rings. The maximum Gasteiger partial charge on any atom is 0.149 e. The lowest BCUT2D eigenvalue weighted by Gasteiger charge is -2.08. The highest BCUT2D eigenvalue weighted by atomic mass is 19.1. The Bertz CT molecular complexity index is 363.